The molecule has 0 fully saturated rings. The van der Waals surface area contributed by atoms with Crippen LogP contribution in [0.25, 0.3) is 0 Å². The van der Waals surface area contributed by atoms with Crippen molar-refractivity contribution >= 4 is 33.2 Å². The molecule has 1 aromatic rings. The van der Waals surface area contributed by atoms with E-state index in [0.29, 0.717) is 22.0 Å². The molecule has 7 N–H and O–H groups in total. The minimum Gasteiger partial charge on any atom is -0.394 e. The van der Waals surface area contributed by atoms with Crippen molar-refractivity contribution in [3.63, 3.8) is 0 Å². The number of rotatable bonds is 10. The first-order valence-corrected chi connectivity index (χ1v) is 12.5. The standard InChI is InChI=1S/C14H24N4O9P2S/c1-8-12(3-4-26-29(24,25)27-28(21,22)23)30-14(11(20)7-19)18(8)6-10-5-16-9(2)17-13(10)15/h5,11,14,19-20H,3-4,6-7H2,1-2H3,(H,24,25)(H2,15,16,17)(H2,21,22,23)/t11?,14-/m1/s1. The lowest BCUT2D eigenvalue weighted by atomic mass is 10.2. The predicted octanol–water partition coefficient (Wildman–Crippen LogP) is 0.443. The number of phosphoric ester groups is 1. The Labute approximate surface area is 176 Å². The van der Waals surface area contributed by atoms with Crippen molar-refractivity contribution in [2.45, 2.75) is 38.3 Å². The van der Waals surface area contributed by atoms with Crippen LogP contribution in [0.4, 0.5) is 5.82 Å². The second-order valence-corrected chi connectivity index (χ2v) is 10.4. The molecule has 0 radical (unpaired) electrons. The van der Waals surface area contributed by atoms with Crippen LogP contribution in [-0.2, 0) is 24.5 Å². The molecule has 1 aliphatic rings. The molecule has 1 aliphatic heterocycles. The number of aliphatic hydroxyl groups excluding tert-OH is 2. The highest BCUT2D eigenvalue weighted by molar-refractivity contribution is 8.03. The Bertz CT molecular complexity index is 896. The molecule has 170 valence electrons. The fourth-order valence-corrected chi connectivity index (χ4v) is 5.67. The summed E-state index contributed by atoms with van der Waals surface area (Å²) in [7, 11) is -10.1. The van der Waals surface area contributed by atoms with Crippen molar-refractivity contribution in [1.29, 1.82) is 0 Å². The van der Waals surface area contributed by atoms with Gasteiger partial charge in [-0.25, -0.2) is 19.1 Å². The number of aromatic nitrogens is 2. The van der Waals surface area contributed by atoms with Gasteiger partial charge in [-0.1, -0.05) is 0 Å². The zero-order valence-corrected chi connectivity index (χ0v) is 18.8. The second kappa shape index (κ2) is 10.0. The van der Waals surface area contributed by atoms with Crippen molar-refractivity contribution in [3.8, 4) is 0 Å². The first kappa shape index (κ1) is 25.2. The number of aliphatic hydroxyl groups is 2. The van der Waals surface area contributed by atoms with Crippen molar-refractivity contribution in [2.75, 3.05) is 18.9 Å². The van der Waals surface area contributed by atoms with Gasteiger partial charge in [-0.15, -0.1) is 11.8 Å². The quantitative estimate of drug-likeness (QED) is 0.248. The lowest BCUT2D eigenvalue weighted by Gasteiger charge is -2.30. The van der Waals surface area contributed by atoms with Crippen molar-refractivity contribution in [2.24, 2.45) is 0 Å². The molecule has 2 heterocycles. The molecule has 1 aromatic heterocycles. The van der Waals surface area contributed by atoms with Gasteiger partial charge < -0.3 is 35.5 Å². The van der Waals surface area contributed by atoms with E-state index in [1.54, 1.807) is 24.9 Å². The number of thioether (sulfide) groups is 1. The molecule has 0 aliphatic carbocycles. The summed E-state index contributed by atoms with van der Waals surface area (Å²) in [5, 5.41) is 19.0. The van der Waals surface area contributed by atoms with Crippen LogP contribution < -0.4 is 5.73 Å². The van der Waals surface area contributed by atoms with Gasteiger partial charge in [-0.05, 0) is 13.8 Å². The molecule has 2 rings (SSSR count). The Hall–Kier alpha value is -1.05. The summed E-state index contributed by atoms with van der Waals surface area (Å²) >= 11 is 1.22. The maximum Gasteiger partial charge on any atom is 0.481 e. The number of phosphoric acid groups is 2. The highest BCUT2D eigenvalue weighted by atomic mass is 32.2. The first-order chi connectivity index (χ1) is 13.8. The maximum absolute atomic E-state index is 11.6. The number of nitrogens with two attached hydrogens (primary N) is 1. The number of allylic oxidation sites excluding steroid dienone is 1. The van der Waals surface area contributed by atoms with Crippen LogP contribution in [0.5, 0.6) is 0 Å². The number of nitrogens with zero attached hydrogens (tertiary/aromatic N) is 3. The molecule has 30 heavy (non-hydrogen) atoms. The van der Waals surface area contributed by atoms with Crippen LogP contribution in [-0.4, -0.2) is 64.5 Å². The Morgan fingerprint density at radius 1 is 1.33 bits per heavy atom. The summed E-state index contributed by atoms with van der Waals surface area (Å²) in [6.07, 6.45) is 0.565. The number of hydrogen-bond donors (Lipinski definition) is 6. The van der Waals surface area contributed by atoms with Crippen molar-refractivity contribution in [3.05, 3.63) is 28.2 Å². The molecule has 0 amide bonds. The molecule has 0 bridgehead atoms. The Morgan fingerprint density at radius 2 is 2.00 bits per heavy atom. The van der Waals surface area contributed by atoms with Gasteiger partial charge in [0.2, 0.25) is 0 Å². The molecule has 16 heteroatoms. The van der Waals surface area contributed by atoms with E-state index >= 15 is 0 Å². The molecule has 0 spiro atoms. The molecular weight excluding hydrogens is 462 g/mol. The van der Waals surface area contributed by atoms with Gasteiger partial charge in [0.05, 0.1) is 13.2 Å². The molecule has 3 atom stereocenters. The Balaban J connectivity index is 2.13. The van der Waals surface area contributed by atoms with Crippen LogP contribution in [0.1, 0.15) is 24.7 Å². The fraction of sp³-hybridized carbons (Fsp3) is 0.571. The minimum absolute atomic E-state index is 0.0938. The van der Waals surface area contributed by atoms with E-state index in [9.17, 15) is 24.2 Å². The summed E-state index contributed by atoms with van der Waals surface area (Å²) in [5.74, 6) is 0.792. The molecule has 2 unspecified atom stereocenters. The fourth-order valence-electron chi connectivity index (χ4n) is 2.70. The maximum atomic E-state index is 11.6. The lowest BCUT2D eigenvalue weighted by molar-refractivity contribution is 0.0559. The topological polar surface area (TPSA) is 209 Å². The Kier molecular flexibility index (Phi) is 8.44. The van der Waals surface area contributed by atoms with Gasteiger partial charge in [0.25, 0.3) is 0 Å². The normalized spacial score (nSPS) is 20.5. The molecular formula is C14H24N4O9P2S. The summed E-state index contributed by atoms with van der Waals surface area (Å²) in [6, 6.07) is 0. The van der Waals surface area contributed by atoms with Gasteiger partial charge in [-0.3, -0.25) is 4.52 Å². The first-order valence-electron chi connectivity index (χ1n) is 8.57. The van der Waals surface area contributed by atoms with Gasteiger partial charge in [-0.2, -0.15) is 4.31 Å². The smallest absolute Gasteiger partial charge is 0.394 e. The number of nitrogen functional groups attached to an aromatic ring is 1. The van der Waals surface area contributed by atoms with Crippen LogP contribution in [0, 0.1) is 6.92 Å². The number of anilines is 1. The van der Waals surface area contributed by atoms with Crippen LogP contribution in [0.2, 0.25) is 0 Å². The monoisotopic (exact) mass is 486 g/mol. The van der Waals surface area contributed by atoms with Crippen LogP contribution in [0.15, 0.2) is 16.8 Å². The molecule has 0 aromatic carbocycles. The lowest BCUT2D eigenvalue weighted by Crippen LogP contribution is -2.39. The third kappa shape index (κ3) is 6.99. The van der Waals surface area contributed by atoms with E-state index in [2.05, 4.69) is 18.8 Å². The zero-order chi connectivity index (χ0) is 22.7. The highest BCUT2D eigenvalue weighted by Crippen LogP contribution is 2.57. The largest absolute Gasteiger partial charge is 0.481 e. The van der Waals surface area contributed by atoms with E-state index in [1.807, 2.05) is 0 Å². The molecule has 13 nitrogen and oxygen atoms in total. The van der Waals surface area contributed by atoms with Gasteiger partial charge >= 0.3 is 15.6 Å². The summed E-state index contributed by atoms with van der Waals surface area (Å²) < 4.78 is 30.6. The van der Waals surface area contributed by atoms with E-state index < -0.39 is 33.7 Å². The van der Waals surface area contributed by atoms with Gasteiger partial charge in [0, 0.05) is 35.3 Å². The van der Waals surface area contributed by atoms with Gasteiger partial charge in [0.1, 0.15) is 23.1 Å². The van der Waals surface area contributed by atoms with E-state index in [-0.39, 0.29) is 25.4 Å². The highest BCUT2D eigenvalue weighted by Gasteiger charge is 2.36. The molecule has 0 saturated heterocycles. The van der Waals surface area contributed by atoms with Crippen LogP contribution >= 0.6 is 27.4 Å². The summed E-state index contributed by atoms with van der Waals surface area (Å²) in [6.45, 7) is 2.83. The minimum atomic E-state index is -5.20. The average Bonchev–Trinajstić information content (AvgIpc) is 2.90. The van der Waals surface area contributed by atoms with Crippen molar-refractivity contribution < 1.29 is 42.9 Å². The van der Waals surface area contributed by atoms with Crippen molar-refractivity contribution in [1.82, 2.24) is 14.9 Å². The van der Waals surface area contributed by atoms with E-state index in [4.69, 9.17) is 15.5 Å². The third-order valence-electron chi connectivity index (χ3n) is 4.07. The molecule has 0 saturated carbocycles. The van der Waals surface area contributed by atoms with Crippen LogP contribution in [0.3, 0.4) is 0 Å². The summed E-state index contributed by atoms with van der Waals surface area (Å²) in [5.41, 5.74) is 7.26. The average molecular weight is 486 g/mol. The second-order valence-electron chi connectivity index (χ2n) is 6.35. The number of aryl methyl sites for hydroxylation is 1. The van der Waals surface area contributed by atoms with E-state index in [1.165, 1.54) is 11.8 Å². The summed E-state index contributed by atoms with van der Waals surface area (Å²) in [4.78, 5) is 37.3. The van der Waals surface area contributed by atoms with E-state index in [0.717, 1.165) is 0 Å². The van der Waals surface area contributed by atoms with Gasteiger partial charge in [0.15, 0.2) is 0 Å². The third-order valence-corrected chi connectivity index (χ3v) is 7.85. The SMILES string of the molecule is CC1=C(CCOP(=O)(O)OP(=O)(O)O)S[C@H](C(O)CO)N1Cc1cnc(C)nc1N. The Morgan fingerprint density at radius 3 is 2.57 bits per heavy atom. The predicted molar refractivity (Wildman–Crippen MR) is 107 cm³/mol. The number of hydrogen-bond acceptors (Lipinski definition) is 11. The zero-order valence-electron chi connectivity index (χ0n) is 16.2.